The third-order valence-electron chi connectivity index (χ3n) is 5.94. The number of aryl methyl sites for hydroxylation is 1. The monoisotopic (exact) mass is 488 g/mol. The lowest BCUT2D eigenvalue weighted by atomic mass is 10.2. The average Bonchev–Trinajstić information content (AvgIpc) is 3.28. The molecule has 184 valence electrons. The molecule has 1 atom stereocenters. The summed E-state index contributed by atoms with van der Waals surface area (Å²) in [6, 6.07) is 5.44. The molecule has 3 aromatic rings. The summed E-state index contributed by atoms with van der Waals surface area (Å²) in [5.41, 5.74) is 0.143. The Hall–Kier alpha value is -2.76. The van der Waals surface area contributed by atoms with Gasteiger partial charge in [-0.3, -0.25) is 14.3 Å². The van der Waals surface area contributed by atoms with Crippen molar-refractivity contribution in [2.75, 3.05) is 39.8 Å². The normalized spacial score (nSPS) is 16.2. The molecule has 4 rings (SSSR count). The van der Waals surface area contributed by atoms with E-state index in [2.05, 4.69) is 33.8 Å². The SMILES string of the molecule is CCCCOc1ccc(S(=O)N2CCN(C)CC2)cc1-c1nc2c([nH]1)c(=O)[nH]c(=O)n2CCC. The fraction of sp³-hybridized carbons (Fsp3) is 0.522. The van der Waals surface area contributed by atoms with E-state index >= 15 is 0 Å². The van der Waals surface area contributed by atoms with E-state index in [1.807, 2.05) is 29.4 Å². The van der Waals surface area contributed by atoms with Crippen LogP contribution in [0, 0.1) is 0 Å². The van der Waals surface area contributed by atoms with Gasteiger partial charge in [-0.05, 0) is 38.1 Å². The van der Waals surface area contributed by atoms with E-state index in [-0.39, 0.29) is 5.52 Å². The highest BCUT2D eigenvalue weighted by atomic mass is 32.2. The summed E-state index contributed by atoms with van der Waals surface area (Å²) in [5, 5.41) is 0. The Morgan fingerprint density at radius 1 is 1.09 bits per heavy atom. The number of aromatic nitrogens is 4. The highest BCUT2D eigenvalue weighted by molar-refractivity contribution is 7.82. The van der Waals surface area contributed by atoms with Gasteiger partial charge >= 0.3 is 5.69 Å². The standard InChI is InChI=1S/C23H32N6O4S/c1-4-6-14-33-18-8-7-16(34(32)28-12-10-27(3)11-13-28)15-17(18)20-24-19-21(25-20)29(9-5-2)23(31)26-22(19)30/h7-8,15H,4-6,9-14H2,1-3H3,(H,24,25)(H,26,30,31). The van der Waals surface area contributed by atoms with Crippen molar-refractivity contribution < 1.29 is 8.95 Å². The van der Waals surface area contributed by atoms with E-state index in [1.54, 1.807) is 0 Å². The van der Waals surface area contributed by atoms with Crippen molar-refractivity contribution in [2.24, 2.45) is 0 Å². The zero-order valence-corrected chi connectivity index (χ0v) is 20.7. The summed E-state index contributed by atoms with van der Waals surface area (Å²) in [4.78, 5) is 37.7. The van der Waals surface area contributed by atoms with Gasteiger partial charge in [0.1, 0.15) is 28.1 Å². The zero-order chi connectivity index (χ0) is 24.2. The van der Waals surface area contributed by atoms with Crippen molar-refractivity contribution in [3.63, 3.8) is 0 Å². The molecule has 1 fully saturated rings. The second-order valence-corrected chi connectivity index (χ2v) is 10.0. The van der Waals surface area contributed by atoms with Crippen molar-refractivity contribution in [2.45, 2.75) is 44.6 Å². The summed E-state index contributed by atoms with van der Waals surface area (Å²) >= 11 is 0. The molecule has 34 heavy (non-hydrogen) atoms. The van der Waals surface area contributed by atoms with Gasteiger partial charge in [-0.1, -0.05) is 20.3 Å². The molecule has 10 nitrogen and oxygen atoms in total. The molecule has 2 N–H and O–H groups in total. The van der Waals surface area contributed by atoms with Crippen molar-refractivity contribution in [3.05, 3.63) is 39.0 Å². The molecule has 11 heteroatoms. The van der Waals surface area contributed by atoms with Crippen LogP contribution in [0.25, 0.3) is 22.6 Å². The van der Waals surface area contributed by atoms with Crippen LogP contribution in [-0.2, 0) is 17.5 Å². The first-order valence-electron chi connectivity index (χ1n) is 11.8. The fourth-order valence-corrected chi connectivity index (χ4v) is 5.15. The molecule has 0 spiro atoms. The number of piperazine rings is 1. The Bertz CT molecular complexity index is 1290. The first-order valence-corrected chi connectivity index (χ1v) is 12.9. The molecule has 0 amide bonds. The van der Waals surface area contributed by atoms with Crippen LogP contribution >= 0.6 is 0 Å². The highest BCUT2D eigenvalue weighted by Gasteiger charge is 2.23. The van der Waals surface area contributed by atoms with Gasteiger partial charge in [0.25, 0.3) is 5.56 Å². The second-order valence-electron chi connectivity index (χ2n) is 8.54. The second kappa shape index (κ2) is 10.7. The summed E-state index contributed by atoms with van der Waals surface area (Å²) in [5.74, 6) is 0.993. The maximum Gasteiger partial charge on any atom is 0.330 e. The van der Waals surface area contributed by atoms with Gasteiger partial charge in [0, 0.05) is 32.7 Å². The molecule has 2 aromatic heterocycles. The molecular formula is C23H32N6O4S. The Morgan fingerprint density at radius 2 is 1.85 bits per heavy atom. The number of likely N-dealkylation sites (N-methyl/N-ethyl adjacent to an activating group) is 1. The quantitative estimate of drug-likeness (QED) is 0.445. The Kier molecular flexibility index (Phi) is 7.64. The third kappa shape index (κ3) is 5.01. The Labute approximate surface area is 200 Å². The molecule has 1 aliphatic rings. The Morgan fingerprint density at radius 3 is 2.56 bits per heavy atom. The summed E-state index contributed by atoms with van der Waals surface area (Å²) in [6.45, 7) is 8.16. The van der Waals surface area contributed by atoms with E-state index in [0.717, 1.165) is 39.0 Å². The number of rotatable bonds is 9. The number of imidazole rings is 1. The van der Waals surface area contributed by atoms with Crippen LogP contribution in [-0.4, -0.2) is 72.8 Å². The Balaban J connectivity index is 1.78. The molecule has 1 aromatic carbocycles. The first kappa shape index (κ1) is 24.4. The maximum atomic E-state index is 13.3. The number of fused-ring (bicyclic) bond motifs is 1. The topological polar surface area (TPSA) is 116 Å². The van der Waals surface area contributed by atoms with E-state index in [4.69, 9.17) is 4.74 Å². The molecule has 0 saturated carbocycles. The number of nitrogens with zero attached hydrogens (tertiary/aromatic N) is 4. The molecule has 1 unspecified atom stereocenters. The number of nitrogens with one attached hydrogen (secondary N) is 2. The number of unbranched alkanes of at least 4 members (excludes halogenated alkanes) is 1. The number of benzene rings is 1. The van der Waals surface area contributed by atoms with Crippen molar-refractivity contribution in [3.8, 4) is 17.1 Å². The smallest absolute Gasteiger partial charge is 0.330 e. The first-order chi connectivity index (χ1) is 16.4. The van der Waals surface area contributed by atoms with Gasteiger partial charge in [0.2, 0.25) is 0 Å². The van der Waals surface area contributed by atoms with Crippen LogP contribution in [0.3, 0.4) is 0 Å². The molecule has 0 bridgehead atoms. The number of H-pyrrole nitrogens is 2. The minimum absolute atomic E-state index is 0.230. The summed E-state index contributed by atoms with van der Waals surface area (Å²) in [7, 11) is 0.726. The lowest BCUT2D eigenvalue weighted by molar-refractivity contribution is 0.228. The predicted octanol–water partition coefficient (Wildman–Crippen LogP) is 1.94. The van der Waals surface area contributed by atoms with Crippen molar-refractivity contribution in [1.29, 1.82) is 0 Å². The van der Waals surface area contributed by atoms with Crippen molar-refractivity contribution >= 4 is 22.1 Å². The molecule has 3 heterocycles. The number of aromatic amines is 2. The van der Waals surface area contributed by atoms with Crippen molar-refractivity contribution in [1.82, 2.24) is 28.7 Å². The van der Waals surface area contributed by atoms with Gasteiger partial charge in [-0.25, -0.2) is 18.3 Å². The highest BCUT2D eigenvalue weighted by Crippen LogP contribution is 2.32. The lowest BCUT2D eigenvalue weighted by Gasteiger charge is -2.31. The summed E-state index contributed by atoms with van der Waals surface area (Å²) in [6.07, 6.45) is 2.60. The van der Waals surface area contributed by atoms with Gasteiger partial charge in [0.15, 0.2) is 5.65 Å². The lowest BCUT2D eigenvalue weighted by Crippen LogP contribution is -2.45. The van der Waals surface area contributed by atoms with Crippen LogP contribution in [0.2, 0.25) is 0 Å². The van der Waals surface area contributed by atoms with Gasteiger partial charge in [0.05, 0.1) is 17.1 Å². The predicted molar refractivity (Wildman–Crippen MR) is 133 cm³/mol. The molecule has 0 radical (unpaired) electrons. The van der Waals surface area contributed by atoms with Crippen LogP contribution in [0.5, 0.6) is 5.75 Å². The van der Waals surface area contributed by atoms with Crippen LogP contribution in [0.15, 0.2) is 32.7 Å². The van der Waals surface area contributed by atoms with Gasteiger partial charge in [-0.15, -0.1) is 0 Å². The molecule has 1 aliphatic heterocycles. The van der Waals surface area contributed by atoms with E-state index in [9.17, 15) is 13.8 Å². The fourth-order valence-electron chi connectivity index (χ4n) is 3.96. The summed E-state index contributed by atoms with van der Waals surface area (Å²) < 4.78 is 22.8. The zero-order valence-electron chi connectivity index (χ0n) is 19.9. The number of hydrogen-bond acceptors (Lipinski definition) is 6. The largest absolute Gasteiger partial charge is 0.493 e. The maximum absolute atomic E-state index is 13.3. The van der Waals surface area contributed by atoms with Crippen LogP contribution < -0.4 is 16.0 Å². The van der Waals surface area contributed by atoms with E-state index in [1.165, 1.54) is 4.57 Å². The minimum Gasteiger partial charge on any atom is -0.493 e. The number of ether oxygens (including phenoxy) is 1. The number of hydrogen-bond donors (Lipinski definition) is 2. The van der Waals surface area contributed by atoms with Gasteiger partial charge in [-0.2, -0.15) is 0 Å². The molecule has 0 aliphatic carbocycles. The third-order valence-corrected chi connectivity index (χ3v) is 7.43. The van der Waals surface area contributed by atoms with Crippen LogP contribution in [0.1, 0.15) is 33.1 Å². The van der Waals surface area contributed by atoms with E-state index < -0.39 is 22.2 Å². The molecular weight excluding hydrogens is 456 g/mol. The minimum atomic E-state index is -1.33. The van der Waals surface area contributed by atoms with E-state index in [0.29, 0.717) is 47.3 Å². The average molecular weight is 489 g/mol. The van der Waals surface area contributed by atoms with Crippen LogP contribution in [0.4, 0.5) is 0 Å². The van der Waals surface area contributed by atoms with Gasteiger partial charge < -0.3 is 14.6 Å². The molecule has 1 saturated heterocycles.